The normalized spacial score (nSPS) is 25.5. The molecule has 0 aliphatic carbocycles. The van der Waals surface area contributed by atoms with Crippen LogP contribution in [0, 0.1) is 5.41 Å². The Morgan fingerprint density at radius 1 is 1.24 bits per heavy atom. The lowest BCUT2D eigenvalue weighted by Gasteiger charge is -2.47. The first-order valence-electron chi connectivity index (χ1n) is 9.10. The Morgan fingerprint density at radius 3 is 2.80 bits per heavy atom. The Bertz CT molecular complexity index is 708. The van der Waals surface area contributed by atoms with Gasteiger partial charge in [-0.05, 0) is 38.3 Å². The van der Waals surface area contributed by atoms with Crippen molar-refractivity contribution >= 4 is 15.9 Å². The van der Waals surface area contributed by atoms with Crippen molar-refractivity contribution in [2.24, 2.45) is 5.41 Å². The van der Waals surface area contributed by atoms with E-state index in [1.807, 2.05) is 23.1 Å². The summed E-state index contributed by atoms with van der Waals surface area (Å²) in [6, 6.07) is 5.81. The summed E-state index contributed by atoms with van der Waals surface area (Å²) < 4.78 is 26.2. The number of hydrogen-bond acceptors (Lipinski definition) is 4. The summed E-state index contributed by atoms with van der Waals surface area (Å²) >= 11 is 0. The zero-order chi connectivity index (χ0) is 17.9. The molecule has 0 radical (unpaired) electrons. The molecule has 2 fully saturated rings. The zero-order valence-corrected chi connectivity index (χ0v) is 15.7. The van der Waals surface area contributed by atoms with Gasteiger partial charge in [-0.1, -0.05) is 6.07 Å². The molecular formula is C18H27N3O3S. The van der Waals surface area contributed by atoms with Crippen molar-refractivity contribution in [1.29, 1.82) is 0 Å². The van der Waals surface area contributed by atoms with E-state index in [0.29, 0.717) is 32.6 Å². The van der Waals surface area contributed by atoms with Gasteiger partial charge < -0.3 is 4.90 Å². The zero-order valence-electron chi connectivity index (χ0n) is 14.9. The van der Waals surface area contributed by atoms with Crippen LogP contribution in [0.15, 0.2) is 24.4 Å². The molecule has 2 aliphatic heterocycles. The van der Waals surface area contributed by atoms with Crippen LogP contribution in [-0.4, -0.2) is 60.4 Å². The van der Waals surface area contributed by atoms with E-state index >= 15 is 0 Å². The lowest BCUT2D eigenvalue weighted by atomic mass is 9.74. The van der Waals surface area contributed by atoms with Gasteiger partial charge in [0.1, 0.15) is 0 Å². The highest BCUT2D eigenvalue weighted by Crippen LogP contribution is 2.39. The van der Waals surface area contributed by atoms with E-state index in [1.165, 1.54) is 0 Å². The maximum absolute atomic E-state index is 12.3. The maximum atomic E-state index is 12.3. The Hall–Kier alpha value is -1.47. The van der Waals surface area contributed by atoms with Crippen molar-refractivity contribution in [3.05, 3.63) is 30.1 Å². The van der Waals surface area contributed by atoms with E-state index in [2.05, 4.69) is 4.98 Å². The van der Waals surface area contributed by atoms with Crippen molar-refractivity contribution in [3.8, 4) is 0 Å². The Kier molecular flexibility index (Phi) is 5.43. The van der Waals surface area contributed by atoms with Gasteiger partial charge in [-0.15, -0.1) is 0 Å². The Labute approximate surface area is 150 Å². The summed E-state index contributed by atoms with van der Waals surface area (Å²) in [5, 5.41) is 0. The molecule has 6 nitrogen and oxygen atoms in total. The molecule has 1 aromatic rings. The minimum Gasteiger partial charge on any atom is -0.342 e. The number of sulfonamides is 1. The summed E-state index contributed by atoms with van der Waals surface area (Å²) in [5.41, 5.74) is 0.896. The van der Waals surface area contributed by atoms with Crippen LogP contribution < -0.4 is 0 Å². The third-order valence-corrected chi connectivity index (χ3v) is 7.32. The number of amides is 1. The van der Waals surface area contributed by atoms with Crippen molar-refractivity contribution in [2.75, 3.05) is 31.9 Å². The van der Waals surface area contributed by atoms with Gasteiger partial charge in [-0.3, -0.25) is 9.78 Å². The molecule has 1 spiro atoms. The van der Waals surface area contributed by atoms with Gasteiger partial charge >= 0.3 is 0 Å². The average molecular weight is 365 g/mol. The highest BCUT2D eigenvalue weighted by Gasteiger charge is 2.43. The third-order valence-electron chi connectivity index (χ3n) is 5.50. The smallest absolute Gasteiger partial charge is 0.222 e. The molecule has 0 N–H and O–H groups in total. The van der Waals surface area contributed by atoms with Gasteiger partial charge in [0.05, 0.1) is 5.75 Å². The van der Waals surface area contributed by atoms with Gasteiger partial charge in [0, 0.05) is 56.3 Å². The Balaban J connectivity index is 1.67. The van der Waals surface area contributed by atoms with Crippen LogP contribution in [-0.2, 0) is 21.2 Å². The van der Waals surface area contributed by atoms with E-state index < -0.39 is 10.0 Å². The minimum absolute atomic E-state index is 0.0848. The molecule has 0 aromatic carbocycles. The monoisotopic (exact) mass is 365 g/mol. The second-order valence-electron chi connectivity index (χ2n) is 7.22. The topological polar surface area (TPSA) is 70.6 Å². The summed E-state index contributed by atoms with van der Waals surface area (Å²) in [4.78, 5) is 18.6. The lowest BCUT2D eigenvalue weighted by Crippen LogP contribution is -2.55. The highest BCUT2D eigenvalue weighted by atomic mass is 32.2. The fraction of sp³-hybridized carbons (Fsp3) is 0.667. The number of carbonyl (C=O) groups is 1. The van der Waals surface area contributed by atoms with Gasteiger partial charge in [-0.25, -0.2) is 12.7 Å². The predicted octanol–water partition coefficient (Wildman–Crippen LogP) is 1.68. The first kappa shape index (κ1) is 18.3. The van der Waals surface area contributed by atoms with E-state index in [9.17, 15) is 13.2 Å². The van der Waals surface area contributed by atoms with E-state index in [4.69, 9.17) is 0 Å². The molecule has 0 bridgehead atoms. The molecule has 1 atom stereocenters. The molecule has 3 heterocycles. The molecular weight excluding hydrogens is 338 g/mol. The second-order valence-corrected chi connectivity index (χ2v) is 9.48. The van der Waals surface area contributed by atoms with Crippen molar-refractivity contribution in [3.63, 3.8) is 0 Å². The second kappa shape index (κ2) is 7.41. The summed E-state index contributed by atoms with van der Waals surface area (Å²) in [6.45, 7) is 4.17. The quantitative estimate of drug-likeness (QED) is 0.796. The van der Waals surface area contributed by atoms with Gasteiger partial charge in [0.2, 0.25) is 15.9 Å². The maximum Gasteiger partial charge on any atom is 0.222 e. The largest absolute Gasteiger partial charge is 0.342 e. The number of aromatic nitrogens is 1. The molecule has 1 aromatic heterocycles. The molecule has 138 valence electrons. The number of piperidine rings is 2. The number of hydrogen-bond donors (Lipinski definition) is 0. The van der Waals surface area contributed by atoms with Crippen LogP contribution >= 0.6 is 0 Å². The predicted molar refractivity (Wildman–Crippen MR) is 96.5 cm³/mol. The summed E-state index contributed by atoms with van der Waals surface area (Å²) in [6.07, 6.45) is 5.69. The molecule has 0 saturated carbocycles. The molecule has 25 heavy (non-hydrogen) atoms. The fourth-order valence-electron chi connectivity index (χ4n) is 4.02. The standard InChI is InChI=1S/C18H27N3O3S/c1-2-25(23,24)21-12-5-9-18(15-21)10-7-17(22)20(14-18)13-8-16-6-3-4-11-19-16/h3-4,6,11H,2,5,7-10,12-15H2,1H3/t18-/m1/s1. The van der Waals surface area contributed by atoms with Gasteiger partial charge in [0.25, 0.3) is 0 Å². The molecule has 3 rings (SSSR count). The van der Waals surface area contributed by atoms with Crippen LogP contribution in [0.1, 0.15) is 38.3 Å². The van der Waals surface area contributed by atoms with E-state index in [-0.39, 0.29) is 17.1 Å². The van der Waals surface area contributed by atoms with E-state index in [0.717, 1.165) is 31.4 Å². The van der Waals surface area contributed by atoms with E-state index in [1.54, 1.807) is 17.4 Å². The van der Waals surface area contributed by atoms with Gasteiger partial charge in [0.15, 0.2) is 0 Å². The third kappa shape index (κ3) is 4.20. The number of carbonyl (C=O) groups excluding carboxylic acids is 1. The minimum atomic E-state index is -3.16. The number of nitrogens with zero attached hydrogens (tertiary/aromatic N) is 3. The lowest BCUT2D eigenvalue weighted by molar-refractivity contribution is -0.138. The van der Waals surface area contributed by atoms with Crippen LogP contribution in [0.3, 0.4) is 0 Å². The van der Waals surface area contributed by atoms with Crippen molar-refractivity contribution in [2.45, 2.75) is 39.0 Å². The molecule has 2 saturated heterocycles. The molecule has 1 amide bonds. The molecule has 2 aliphatic rings. The molecule has 0 unspecified atom stereocenters. The summed E-state index contributed by atoms with van der Waals surface area (Å²) in [5.74, 6) is 0.322. The first-order valence-corrected chi connectivity index (χ1v) is 10.7. The fourth-order valence-corrected chi connectivity index (χ4v) is 5.26. The van der Waals surface area contributed by atoms with Crippen molar-refractivity contribution < 1.29 is 13.2 Å². The SMILES string of the molecule is CCS(=O)(=O)N1CCC[C@]2(CCC(=O)N(CCc3ccccn3)C2)C1. The van der Waals surface area contributed by atoms with Crippen LogP contribution in [0.25, 0.3) is 0 Å². The number of rotatable bonds is 5. The van der Waals surface area contributed by atoms with Crippen LogP contribution in [0.2, 0.25) is 0 Å². The summed E-state index contributed by atoms with van der Waals surface area (Å²) in [7, 11) is -3.16. The number of pyridine rings is 1. The molecule has 7 heteroatoms. The van der Waals surface area contributed by atoms with Crippen LogP contribution in [0.5, 0.6) is 0 Å². The average Bonchev–Trinajstić information content (AvgIpc) is 2.64. The van der Waals surface area contributed by atoms with Crippen LogP contribution in [0.4, 0.5) is 0 Å². The number of likely N-dealkylation sites (tertiary alicyclic amines) is 1. The van der Waals surface area contributed by atoms with Gasteiger partial charge in [-0.2, -0.15) is 0 Å². The first-order chi connectivity index (χ1) is 11.9. The highest BCUT2D eigenvalue weighted by molar-refractivity contribution is 7.89. The Morgan fingerprint density at radius 2 is 2.08 bits per heavy atom. The van der Waals surface area contributed by atoms with Crippen molar-refractivity contribution in [1.82, 2.24) is 14.2 Å².